The number of amides is 1. The van der Waals surface area contributed by atoms with Gasteiger partial charge in [-0.2, -0.15) is 0 Å². The van der Waals surface area contributed by atoms with Crippen molar-refractivity contribution in [1.29, 1.82) is 0 Å². The SMILES string of the molecule is CCOc1ccc(/C=C2/N=C(C(C)(C)C)NC2=O)cc1. The van der Waals surface area contributed by atoms with Crippen LogP contribution in [0.5, 0.6) is 5.75 Å². The molecule has 1 heterocycles. The molecule has 0 spiro atoms. The molecule has 1 aromatic rings. The quantitative estimate of drug-likeness (QED) is 0.860. The van der Waals surface area contributed by atoms with Gasteiger partial charge in [0, 0.05) is 5.41 Å². The Hall–Kier alpha value is -2.10. The lowest BCUT2D eigenvalue weighted by molar-refractivity contribution is -0.115. The van der Waals surface area contributed by atoms with E-state index in [1.807, 2.05) is 52.0 Å². The maximum absolute atomic E-state index is 11.9. The smallest absolute Gasteiger partial charge is 0.275 e. The van der Waals surface area contributed by atoms with Gasteiger partial charge in [-0.1, -0.05) is 32.9 Å². The molecule has 4 nitrogen and oxygen atoms in total. The van der Waals surface area contributed by atoms with Crippen molar-refractivity contribution in [2.75, 3.05) is 6.61 Å². The molecule has 106 valence electrons. The molecule has 20 heavy (non-hydrogen) atoms. The first-order chi connectivity index (χ1) is 9.40. The first-order valence-corrected chi connectivity index (χ1v) is 6.75. The van der Waals surface area contributed by atoms with Crippen LogP contribution in [0.1, 0.15) is 33.3 Å². The number of benzene rings is 1. The lowest BCUT2D eigenvalue weighted by Crippen LogP contribution is -2.34. The highest BCUT2D eigenvalue weighted by Gasteiger charge is 2.28. The van der Waals surface area contributed by atoms with Crippen LogP contribution in [0.15, 0.2) is 35.0 Å². The minimum Gasteiger partial charge on any atom is -0.494 e. The zero-order chi connectivity index (χ0) is 14.8. The lowest BCUT2D eigenvalue weighted by atomic mass is 9.95. The molecule has 1 aliphatic heterocycles. The summed E-state index contributed by atoms with van der Waals surface area (Å²) in [5, 5.41) is 2.81. The van der Waals surface area contributed by atoms with Gasteiger partial charge >= 0.3 is 0 Å². The summed E-state index contributed by atoms with van der Waals surface area (Å²) in [5.74, 6) is 1.38. The van der Waals surface area contributed by atoms with E-state index < -0.39 is 0 Å². The molecule has 2 rings (SSSR count). The van der Waals surface area contributed by atoms with E-state index in [4.69, 9.17) is 4.74 Å². The molecule has 0 saturated carbocycles. The number of hydrogen-bond acceptors (Lipinski definition) is 3. The fraction of sp³-hybridized carbons (Fsp3) is 0.375. The van der Waals surface area contributed by atoms with Crippen molar-refractivity contribution in [3.63, 3.8) is 0 Å². The monoisotopic (exact) mass is 272 g/mol. The Kier molecular flexibility index (Phi) is 3.93. The molecule has 0 bridgehead atoms. The number of aliphatic imine (C=N–C) groups is 1. The fourth-order valence-electron chi connectivity index (χ4n) is 1.81. The Morgan fingerprint density at radius 3 is 2.40 bits per heavy atom. The van der Waals surface area contributed by atoms with Gasteiger partial charge < -0.3 is 10.1 Å². The van der Waals surface area contributed by atoms with E-state index in [0.29, 0.717) is 18.1 Å². The third kappa shape index (κ3) is 3.26. The summed E-state index contributed by atoms with van der Waals surface area (Å²) in [7, 11) is 0. The topological polar surface area (TPSA) is 50.7 Å². The third-order valence-electron chi connectivity index (χ3n) is 2.90. The van der Waals surface area contributed by atoms with Gasteiger partial charge in [0.1, 0.15) is 17.3 Å². The van der Waals surface area contributed by atoms with Crippen LogP contribution >= 0.6 is 0 Å². The van der Waals surface area contributed by atoms with E-state index in [9.17, 15) is 4.79 Å². The second-order valence-electron chi connectivity index (χ2n) is 5.70. The average molecular weight is 272 g/mol. The number of hydrogen-bond donors (Lipinski definition) is 1. The summed E-state index contributed by atoms with van der Waals surface area (Å²) >= 11 is 0. The lowest BCUT2D eigenvalue weighted by Gasteiger charge is -2.16. The highest BCUT2D eigenvalue weighted by atomic mass is 16.5. The summed E-state index contributed by atoms with van der Waals surface area (Å²) in [6, 6.07) is 7.60. The first-order valence-electron chi connectivity index (χ1n) is 6.75. The fourth-order valence-corrected chi connectivity index (χ4v) is 1.81. The molecule has 1 amide bonds. The summed E-state index contributed by atoms with van der Waals surface area (Å²) in [6.45, 7) is 8.65. The summed E-state index contributed by atoms with van der Waals surface area (Å²) in [4.78, 5) is 16.3. The largest absolute Gasteiger partial charge is 0.494 e. The minimum atomic E-state index is -0.163. The molecule has 0 aliphatic carbocycles. The molecule has 0 saturated heterocycles. The number of amidine groups is 1. The Labute approximate surface area is 119 Å². The summed E-state index contributed by atoms with van der Waals surface area (Å²) < 4.78 is 5.39. The minimum absolute atomic E-state index is 0.149. The van der Waals surface area contributed by atoms with Gasteiger partial charge in [-0.25, -0.2) is 4.99 Å². The Morgan fingerprint density at radius 2 is 1.90 bits per heavy atom. The van der Waals surface area contributed by atoms with E-state index in [-0.39, 0.29) is 11.3 Å². The Balaban J connectivity index is 2.22. The standard InChI is InChI=1S/C16H20N2O2/c1-5-20-12-8-6-11(7-9-12)10-13-14(19)18-15(17-13)16(2,3)4/h6-10H,5H2,1-4H3,(H,17,18,19)/b13-10+. The van der Waals surface area contributed by atoms with Crippen LogP contribution in [0.2, 0.25) is 0 Å². The van der Waals surface area contributed by atoms with Crippen molar-refractivity contribution in [3.05, 3.63) is 35.5 Å². The second kappa shape index (κ2) is 5.49. The van der Waals surface area contributed by atoms with Crippen LogP contribution in [-0.4, -0.2) is 18.3 Å². The Morgan fingerprint density at radius 1 is 1.25 bits per heavy atom. The van der Waals surface area contributed by atoms with Gasteiger partial charge in [0.25, 0.3) is 5.91 Å². The normalized spacial score (nSPS) is 17.1. The van der Waals surface area contributed by atoms with Crippen molar-refractivity contribution in [2.45, 2.75) is 27.7 Å². The summed E-state index contributed by atoms with van der Waals surface area (Å²) in [5.41, 5.74) is 1.21. The van der Waals surface area contributed by atoms with Crippen molar-refractivity contribution < 1.29 is 9.53 Å². The molecule has 4 heteroatoms. The third-order valence-corrected chi connectivity index (χ3v) is 2.90. The second-order valence-corrected chi connectivity index (χ2v) is 5.70. The highest BCUT2D eigenvalue weighted by Crippen LogP contribution is 2.22. The van der Waals surface area contributed by atoms with Crippen LogP contribution in [0, 0.1) is 5.41 Å². The first kappa shape index (κ1) is 14.3. The van der Waals surface area contributed by atoms with Gasteiger partial charge in [-0.3, -0.25) is 4.79 Å². The van der Waals surface area contributed by atoms with E-state index in [1.54, 1.807) is 6.08 Å². The predicted octanol–water partition coefficient (Wildman–Crippen LogP) is 3.00. The molecule has 1 N–H and O–H groups in total. The molecule has 0 radical (unpaired) electrons. The number of ether oxygens (including phenoxy) is 1. The van der Waals surface area contributed by atoms with E-state index in [2.05, 4.69) is 10.3 Å². The van der Waals surface area contributed by atoms with Gasteiger partial charge in [-0.15, -0.1) is 0 Å². The molecule has 0 unspecified atom stereocenters. The van der Waals surface area contributed by atoms with Crippen LogP contribution in [-0.2, 0) is 4.79 Å². The van der Waals surface area contributed by atoms with Crippen molar-refractivity contribution in [2.24, 2.45) is 10.4 Å². The van der Waals surface area contributed by atoms with E-state index in [1.165, 1.54) is 0 Å². The van der Waals surface area contributed by atoms with Crippen molar-refractivity contribution in [1.82, 2.24) is 5.32 Å². The highest BCUT2D eigenvalue weighted by molar-refractivity contribution is 6.15. The molecule has 0 aromatic heterocycles. The number of nitrogens with one attached hydrogen (secondary N) is 1. The zero-order valence-corrected chi connectivity index (χ0v) is 12.4. The van der Waals surface area contributed by atoms with E-state index >= 15 is 0 Å². The van der Waals surface area contributed by atoms with Gasteiger partial charge in [0.15, 0.2) is 0 Å². The number of nitrogens with zero attached hydrogens (tertiary/aromatic N) is 1. The average Bonchev–Trinajstić information content (AvgIpc) is 2.74. The molecular formula is C16H20N2O2. The number of carbonyl (C=O) groups excluding carboxylic acids is 1. The maximum Gasteiger partial charge on any atom is 0.275 e. The van der Waals surface area contributed by atoms with Crippen LogP contribution in [0.3, 0.4) is 0 Å². The molecule has 1 aliphatic rings. The molecule has 0 fully saturated rings. The molecule has 0 atom stereocenters. The maximum atomic E-state index is 11.9. The predicted molar refractivity (Wildman–Crippen MR) is 80.6 cm³/mol. The van der Waals surface area contributed by atoms with Gasteiger partial charge in [-0.05, 0) is 30.7 Å². The van der Waals surface area contributed by atoms with Crippen LogP contribution < -0.4 is 10.1 Å². The van der Waals surface area contributed by atoms with Gasteiger partial charge in [0.05, 0.1) is 6.61 Å². The number of rotatable bonds is 3. The van der Waals surface area contributed by atoms with Crippen LogP contribution in [0.4, 0.5) is 0 Å². The Bertz CT molecular complexity index is 563. The molecule has 1 aromatic carbocycles. The van der Waals surface area contributed by atoms with Crippen LogP contribution in [0.25, 0.3) is 6.08 Å². The molecular weight excluding hydrogens is 252 g/mol. The zero-order valence-electron chi connectivity index (χ0n) is 12.4. The number of carbonyl (C=O) groups is 1. The van der Waals surface area contributed by atoms with E-state index in [0.717, 1.165) is 11.3 Å². The van der Waals surface area contributed by atoms with Crippen molar-refractivity contribution in [3.8, 4) is 5.75 Å². The van der Waals surface area contributed by atoms with Gasteiger partial charge in [0.2, 0.25) is 0 Å². The van der Waals surface area contributed by atoms with Crippen molar-refractivity contribution >= 4 is 17.8 Å². The summed E-state index contributed by atoms with van der Waals surface area (Å²) in [6.07, 6.45) is 1.78.